The lowest BCUT2D eigenvalue weighted by Gasteiger charge is -2.13. The minimum atomic E-state index is -4.10. The van der Waals surface area contributed by atoms with Crippen LogP contribution in [0.25, 0.3) is 5.69 Å². The Bertz CT molecular complexity index is 1160. The smallest absolute Gasteiger partial charge is 0.264 e. The Hall–Kier alpha value is -2.83. The maximum absolute atomic E-state index is 12.7. The molecule has 0 spiro atoms. The molecule has 12 heteroatoms. The van der Waals surface area contributed by atoms with Gasteiger partial charge in [0, 0.05) is 20.3 Å². The first-order chi connectivity index (χ1) is 12.7. The predicted molar refractivity (Wildman–Crippen MR) is 97.3 cm³/mol. The van der Waals surface area contributed by atoms with Gasteiger partial charge < -0.3 is 0 Å². The van der Waals surface area contributed by atoms with E-state index in [0.717, 1.165) is 10.4 Å². The number of hydrogen-bond donors (Lipinski definition) is 1. The minimum Gasteiger partial charge on any atom is -0.266 e. The highest BCUT2D eigenvalue weighted by molar-refractivity contribution is 7.92. The molecule has 10 nitrogen and oxygen atoms in total. The summed E-state index contributed by atoms with van der Waals surface area (Å²) in [5.41, 5.74) is 0.559. The van der Waals surface area contributed by atoms with Crippen LogP contribution in [-0.2, 0) is 20.0 Å². The third-order valence-corrected chi connectivity index (χ3v) is 6.73. The highest BCUT2D eigenvalue weighted by Crippen LogP contribution is 2.21. The van der Waals surface area contributed by atoms with E-state index < -0.39 is 20.0 Å². The molecule has 0 saturated heterocycles. The largest absolute Gasteiger partial charge is 0.266 e. The van der Waals surface area contributed by atoms with Crippen molar-refractivity contribution in [2.45, 2.75) is 9.79 Å². The van der Waals surface area contributed by atoms with Crippen LogP contribution in [0.4, 0.5) is 5.95 Å². The molecule has 1 aromatic carbocycles. The van der Waals surface area contributed by atoms with Gasteiger partial charge in [0.2, 0.25) is 16.0 Å². The molecule has 0 aliphatic heterocycles. The lowest BCUT2D eigenvalue weighted by molar-refractivity contribution is 0.520. The molecule has 27 heavy (non-hydrogen) atoms. The number of pyridine rings is 1. The molecule has 0 aliphatic rings. The molecule has 3 rings (SSSR count). The molecular weight excluding hydrogens is 392 g/mol. The summed E-state index contributed by atoms with van der Waals surface area (Å²) < 4.78 is 54.6. The van der Waals surface area contributed by atoms with Crippen LogP contribution in [0.15, 0.2) is 64.9 Å². The second-order valence-corrected chi connectivity index (χ2v) is 9.44. The zero-order chi connectivity index (χ0) is 19.7. The Morgan fingerprint density at radius 2 is 1.78 bits per heavy atom. The highest BCUT2D eigenvalue weighted by atomic mass is 32.2. The Balaban J connectivity index is 1.97. The molecule has 142 valence electrons. The Morgan fingerprint density at radius 3 is 2.44 bits per heavy atom. The zero-order valence-corrected chi connectivity index (χ0v) is 16.0. The molecule has 0 bridgehead atoms. The molecule has 2 heterocycles. The van der Waals surface area contributed by atoms with Crippen LogP contribution >= 0.6 is 0 Å². The van der Waals surface area contributed by atoms with Crippen molar-refractivity contribution in [2.75, 3.05) is 18.8 Å². The zero-order valence-electron chi connectivity index (χ0n) is 14.4. The second-order valence-electron chi connectivity index (χ2n) is 5.60. The molecule has 0 amide bonds. The first-order valence-corrected chi connectivity index (χ1v) is 10.5. The van der Waals surface area contributed by atoms with Crippen molar-refractivity contribution in [2.24, 2.45) is 0 Å². The van der Waals surface area contributed by atoms with Gasteiger partial charge in [-0.2, -0.15) is 0 Å². The van der Waals surface area contributed by atoms with E-state index in [1.807, 2.05) is 0 Å². The molecule has 0 atom stereocenters. The number of nitrogens with one attached hydrogen (secondary N) is 1. The standard InChI is InChI=1S/C15H16N6O4S2/c1-20(2)27(24,25)14-7-3-6-13(9-14)26(22,23)19-15-18-17-11-21(15)12-5-4-8-16-10-12/h3-11H,1-2H3,(H,18,19). The Morgan fingerprint density at radius 1 is 1.04 bits per heavy atom. The van der Waals surface area contributed by atoms with E-state index in [0.29, 0.717) is 5.69 Å². The van der Waals surface area contributed by atoms with Crippen LogP contribution in [0, 0.1) is 0 Å². The summed E-state index contributed by atoms with van der Waals surface area (Å²) in [4.78, 5) is 3.61. The molecule has 3 aromatic rings. The summed E-state index contributed by atoms with van der Waals surface area (Å²) in [5.74, 6) is -0.0520. The average Bonchev–Trinajstić information content (AvgIpc) is 3.10. The van der Waals surface area contributed by atoms with Gasteiger partial charge in [-0.25, -0.2) is 25.9 Å². The SMILES string of the molecule is CN(C)S(=O)(=O)c1cccc(S(=O)(=O)Nc2nncn2-c2cccnc2)c1. The summed E-state index contributed by atoms with van der Waals surface area (Å²) in [7, 11) is -5.14. The summed E-state index contributed by atoms with van der Waals surface area (Å²) in [5, 5.41) is 7.48. The lowest BCUT2D eigenvalue weighted by Crippen LogP contribution is -2.23. The number of rotatable bonds is 6. The van der Waals surface area contributed by atoms with Crippen molar-refractivity contribution < 1.29 is 16.8 Å². The van der Waals surface area contributed by atoms with E-state index in [1.54, 1.807) is 18.3 Å². The number of benzene rings is 1. The number of nitrogens with zero attached hydrogens (tertiary/aromatic N) is 5. The van der Waals surface area contributed by atoms with E-state index >= 15 is 0 Å². The van der Waals surface area contributed by atoms with Crippen LogP contribution in [-0.4, -0.2) is 55.0 Å². The van der Waals surface area contributed by atoms with Crippen molar-refractivity contribution in [3.05, 3.63) is 55.1 Å². The fourth-order valence-electron chi connectivity index (χ4n) is 2.18. The quantitative estimate of drug-likeness (QED) is 0.636. The van der Waals surface area contributed by atoms with Gasteiger partial charge in [-0.3, -0.25) is 9.55 Å². The van der Waals surface area contributed by atoms with Crippen LogP contribution in [0.3, 0.4) is 0 Å². The highest BCUT2D eigenvalue weighted by Gasteiger charge is 2.23. The first kappa shape index (κ1) is 18.9. The van der Waals surface area contributed by atoms with Crippen molar-refractivity contribution in [3.63, 3.8) is 0 Å². The minimum absolute atomic E-state index is 0.0520. The van der Waals surface area contributed by atoms with Gasteiger partial charge in [0.25, 0.3) is 10.0 Å². The molecule has 0 fully saturated rings. The predicted octanol–water partition coefficient (Wildman–Crippen LogP) is 0.713. The summed E-state index contributed by atoms with van der Waals surface area (Å²) in [6.07, 6.45) is 4.43. The fraction of sp³-hybridized carbons (Fsp3) is 0.133. The van der Waals surface area contributed by atoms with Gasteiger partial charge >= 0.3 is 0 Å². The maximum atomic E-state index is 12.7. The van der Waals surface area contributed by atoms with Gasteiger partial charge in [0.1, 0.15) is 6.33 Å². The van der Waals surface area contributed by atoms with E-state index in [4.69, 9.17) is 0 Å². The van der Waals surface area contributed by atoms with Crippen LogP contribution in [0.5, 0.6) is 0 Å². The number of sulfonamides is 2. The van der Waals surface area contributed by atoms with Gasteiger partial charge in [-0.1, -0.05) is 6.07 Å². The molecule has 0 saturated carbocycles. The van der Waals surface area contributed by atoms with Gasteiger partial charge in [0.15, 0.2) is 0 Å². The van der Waals surface area contributed by atoms with Crippen molar-refractivity contribution in [1.82, 2.24) is 24.1 Å². The average molecular weight is 408 g/mol. The number of hydrogen-bond acceptors (Lipinski definition) is 7. The second kappa shape index (κ2) is 7.06. The first-order valence-electron chi connectivity index (χ1n) is 7.58. The molecular formula is C15H16N6O4S2. The van der Waals surface area contributed by atoms with Crippen LogP contribution in [0.2, 0.25) is 0 Å². The summed E-state index contributed by atoms with van der Waals surface area (Å²) in [6, 6.07) is 8.45. The van der Waals surface area contributed by atoms with E-state index in [1.165, 1.54) is 49.4 Å². The topological polar surface area (TPSA) is 127 Å². The maximum Gasteiger partial charge on any atom is 0.264 e. The molecule has 0 aliphatic carbocycles. The Kier molecular flexibility index (Phi) is 4.95. The van der Waals surface area contributed by atoms with Crippen molar-refractivity contribution >= 4 is 26.0 Å². The number of anilines is 1. The normalized spacial score (nSPS) is 12.3. The summed E-state index contributed by atoms with van der Waals surface area (Å²) in [6.45, 7) is 0. The Labute approximate surface area is 156 Å². The van der Waals surface area contributed by atoms with Crippen LogP contribution in [0.1, 0.15) is 0 Å². The van der Waals surface area contributed by atoms with Crippen LogP contribution < -0.4 is 4.72 Å². The molecule has 0 unspecified atom stereocenters. The van der Waals surface area contributed by atoms with Crippen molar-refractivity contribution in [1.29, 1.82) is 0 Å². The van der Waals surface area contributed by atoms with Gasteiger partial charge in [-0.05, 0) is 30.3 Å². The summed E-state index contributed by atoms with van der Waals surface area (Å²) >= 11 is 0. The van der Waals surface area contributed by atoms with Gasteiger partial charge in [-0.15, -0.1) is 10.2 Å². The number of aromatic nitrogens is 4. The molecule has 2 aromatic heterocycles. The van der Waals surface area contributed by atoms with E-state index in [-0.39, 0.29) is 15.7 Å². The molecule has 1 N–H and O–H groups in total. The monoisotopic (exact) mass is 408 g/mol. The third kappa shape index (κ3) is 3.82. The lowest BCUT2D eigenvalue weighted by atomic mass is 10.4. The van der Waals surface area contributed by atoms with Crippen molar-refractivity contribution in [3.8, 4) is 5.69 Å². The molecule has 0 radical (unpaired) electrons. The van der Waals surface area contributed by atoms with E-state index in [9.17, 15) is 16.8 Å². The van der Waals surface area contributed by atoms with Gasteiger partial charge in [0.05, 0.1) is 21.7 Å². The fourth-order valence-corrected chi connectivity index (χ4v) is 4.24. The van der Waals surface area contributed by atoms with E-state index in [2.05, 4.69) is 19.9 Å². The third-order valence-electron chi connectivity index (χ3n) is 3.59.